The van der Waals surface area contributed by atoms with Crippen molar-refractivity contribution in [2.75, 3.05) is 45.3 Å². The standard InChI is InChI=1S/C20H28N4O3.HI/c1-3-16-7-4-8-17(13-16)24-19(25)14-23-20(21-2)22-10-6-11-26-15-18-9-5-12-27-18;/h1,4,7-8,13,18H,5-6,9-12,14-15H2,2H3,(H,24,25)(H2,21,22,23);1H. The summed E-state index contributed by atoms with van der Waals surface area (Å²) < 4.78 is 11.1. The number of rotatable bonds is 9. The molecule has 0 aromatic heterocycles. The van der Waals surface area contributed by atoms with Gasteiger partial charge in [-0.1, -0.05) is 12.0 Å². The topological polar surface area (TPSA) is 84.0 Å². The molecule has 1 heterocycles. The number of amides is 1. The van der Waals surface area contributed by atoms with Crippen molar-refractivity contribution in [2.24, 2.45) is 4.99 Å². The molecule has 0 radical (unpaired) electrons. The van der Waals surface area contributed by atoms with E-state index in [0.717, 1.165) is 31.4 Å². The number of halogens is 1. The predicted molar refractivity (Wildman–Crippen MR) is 122 cm³/mol. The molecule has 0 saturated carbocycles. The van der Waals surface area contributed by atoms with Crippen LogP contribution in [0.1, 0.15) is 24.8 Å². The van der Waals surface area contributed by atoms with Crippen LogP contribution in [-0.2, 0) is 14.3 Å². The zero-order chi connectivity index (χ0) is 19.3. The average molecular weight is 500 g/mol. The molecule has 0 spiro atoms. The summed E-state index contributed by atoms with van der Waals surface area (Å²) in [4.78, 5) is 16.1. The van der Waals surface area contributed by atoms with E-state index in [1.807, 2.05) is 6.07 Å². The van der Waals surface area contributed by atoms with Gasteiger partial charge in [-0.2, -0.15) is 0 Å². The van der Waals surface area contributed by atoms with Crippen LogP contribution >= 0.6 is 24.0 Å². The number of hydrogen-bond acceptors (Lipinski definition) is 4. The highest BCUT2D eigenvalue weighted by molar-refractivity contribution is 14.0. The Labute approximate surface area is 184 Å². The van der Waals surface area contributed by atoms with E-state index in [9.17, 15) is 4.79 Å². The molecule has 0 bridgehead atoms. The molecule has 28 heavy (non-hydrogen) atoms. The maximum absolute atomic E-state index is 12.0. The van der Waals surface area contributed by atoms with Gasteiger partial charge < -0.3 is 25.4 Å². The van der Waals surface area contributed by atoms with Gasteiger partial charge in [0.25, 0.3) is 0 Å². The molecule has 0 aliphatic carbocycles. The lowest BCUT2D eigenvalue weighted by atomic mass is 10.2. The number of nitrogens with one attached hydrogen (secondary N) is 3. The number of terminal acetylenes is 1. The second-order valence-electron chi connectivity index (χ2n) is 6.19. The zero-order valence-corrected chi connectivity index (χ0v) is 18.5. The minimum atomic E-state index is -0.174. The minimum absolute atomic E-state index is 0. The van der Waals surface area contributed by atoms with Crippen LogP contribution in [0.4, 0.5) is 5.69 Å². The molecule has 1 aliphatic rings. The van der Waals surface area contributed by atoms with E-state index in [0.29, 0.717) is 31.4 Å². The summed E-state index contributed by atoms with van der Waals surface area (Å²) in [7, 11) is 1.66. The molecule has 154 valence electrons. The van der Waals surface area contributed by atoms with Crippen molar-refractivity contribution in [2.45, 2.75) is 25.4 Å². The van der Waals surface area contributed by atoms with E-state index >= 15 is 0 Å². The molecule has 1 fully saturated rings. The van der Waals surface area contributed by atoms with Gasteiger partial charge in [0, 0.05) is 38.1 Å². The summed E-state index contributed by atoms with van der Waals surface area (Å²) in [5.74, 6) is 2.94. The quantitative estimate of drug-likeness (QED) is 0.159. The Balaban J connectivity index is 0.00000392. The molecule has 3 N–H and O–H groups in total. The lowest BCUT2D eigenvalue weighted by Crippen LogP contribution is -2.41. The van der Waals surface area contributed by atoms with Gasteiger partial charge in [0.15, 0.2) is 5.96 Å². The first-order valence-electron chi connectivity index (χ1n) is 9.21. The summed E-state index contributed by atoms with van der Waals surface area (Å²) in [6.45, 7) is 2.98. The highest BCUT2D eigenvalue weighted by Gasteiger charge is 2.14. The van der Waals surface area contributed by atoms with Gasteiger partial charge in [-0.25, -0.2) is 0 Å². The first-order chi connectivity index (χ1) is 13.2. The summed E-state index contributed by atoms with van der Waals surface area (Å²) in [5.41, 5.74) is 1.39. The van der Waals surface area contributed by atoms with E-state index in [2.05, 4.69) is 26.9 Å². The third-order valence-corrected chi connectivity index (χ3v) is 4.04. The highest BCUT2D eigenvalue weighted by Crippen LogP contribution is 2.12. The molecular formula is C20H29IN4O3. The van der Waals surface area contributed by atoms with Crippen molar-refractivity contribution in [3.8, 4) is 12.3 Å². The number of carbonyl (C=O) groups is 1. The largest absolute Gasteiger partial charge is 0.379 e. The Morgan fingerprint density at radius 3 is 3.00 bits per heavy atom. The fourth-order valence-corrected chi connectivity index (χ4v) is 2.65. The SMILES string of the molecule is C#Cc1cccc(NC(=O)CNC(=NC)NCCCOCC2CCCO2)c1.I. The maximum Gasteiger partial charge on any atom is 0.243 e. The van der Waals surface area contributed by atoms with Crippen molar-refractivity contribution >= 4 is 41.5 Å². The number of benzene rings is 1. The van der Waals surface area contributed by atoms with Crippen LogP contribution in [0.5, 0.6) is 0 Å². The average Bonchev–Trinajstić information content (AvgIpc) is 3.20. The third kappa shape index (κ3) is 9.39. The van der Waals surface area contributed by atoms with Crippen molar-refractivity contribution in [3.63, 3.8) is 0 Å². The van der Waals surface area contributed by atoms with Gasteiger partial charge in [-0.05, 0) is 37.5 Å². The molecule has 8 heteroatoms. The van der Waals surface area contributed by atoms with Gasteiger partial charge >= 0.3 is 0 Å². The Morgan fingerprint density at radius 1 is 1.43 bits per heavy atom. The first-order valence-corrected chi connectivity index (χ1v) is 9.21. The zero-order valence-electron chi connectivity index (χ0n) is 16.2. The van der Waals surface area contributed by atoms with Crippen LogP contribution in [0.25, 0.3) is 0 Å². The van der Waals surface area contributed by atoms with Gasteiger partial charge in [-0.3, -0.25) is 9.79 Å². The second-order valence-corrected chi connectivity index (χ2v) is 6.19. The Bertz CT molecular complexity index is 670. The molecule has 2 rings (SSSR count). The molecule has 1 unspecified atom stereocenters. The van der Waals surface area contributed by atoms with Crippen LogP contribution < -0.4 is 16.0 Å². The lowest BCUT2D eigenvalue weighted by molar-refractivity contribution is -0.115. The minimum Gasteiger partial charge on any atom is -0.379 e. The van der Waals surface area contributed by atoms with Gasteiger partial charge in [0.1, 0.15) is 0 Å². The Hall–Kier alpha value is -1.83. The monoisotopic (exact) mass is 500 g/mol. The molecule has 1 saturated heterocycles. The van der Waals surface area contributed by atoms with Crippen LogP contribution in [0.3, 0.4) is 0 Å². The van der Waals surface area contributed by atoms with Gasteiger partial charge in [-0.15, -0.1) is 30.4 Å². The number of ether oxygens (including phenoxy) is 2. The molecule has 1 amide bonds. The van der Waals surface area contributed by atoms with Crippen LogP contribution in [-0.4, -0.2) is 57.9 Å². The number of anilines is 1. The number of guanidine groups is 1. The smallest absolute Gasteiger partial charge is 0.243 e. The predicted octanol–water partition coefficient (Wildman–Crippen LogP) is 1.98. The van der Waals surface area contributed by atoms with Crippen molar-refractivity contribution in [1.29, 1.82) is 0 Å². The fourth-order valence-electron chi connectivity index (χ4n) is 2.65. The van der Waals surface area contributed by atoms with E-state index in [4.69, 9.17) is 15.9 Å². The summed E-state index contributed by atoms with van der Waals surface area (Å²) in [6, 6.07) is 7.16. The van der Waals surface area contributed by atoms with Crippen molar-refractivity contribution < 1.29 is 14.3 Å². The van der Waals surface area contributed by atoms with Crippen LogP contribution in [0, 0.1) is 12.3 Å². The van der Waals surface area contributed by atoms with E-state index in [1.54, 1.807) is 25.2 Å². The summed E-state index contributed by atoms with van der Waals surface area (Å²) >= 11 is 0. The number of nitrogens with zero attached hydrogens (tertiary/aromatic N) is 1. The normalized spacial score (nSPS) is 16.0. The fraction of sp³-hybridized carbons (Fsp3) is 0.500. The summed E-state index contributed by atoms with van der Waals surface area (Å²) in [5, 5.41) is 8.93. The number of carbonyl (C=O) groups excluding carboxylic acids is 1. The molecule has 1 atom stereocenters. The van der Waals surface area contributed by atoms with E-state index < -0.39 is 0 Å². The van der Waals surface area contributed by atoms with E-state index in [1.165, 1.54) is 0 Å². The lowest BCUT2D eigenvalue weighted by Gasteiger charge is -2.13. The van der Waals surface area contributed by atoms with Crippen molar-refractivity contribution in [3.05, 3.63) is 29.8 Å². The molecule has 7 nitrogen and oxygen atoms in total. The highest BCUT2D eigenvalue weighted by atomic mass is 127. The van der Waals surface area contributed by atoms with Crippen LogP contribution in [0.15, 0.2) is 29.3 Å². The van der Waals surface area contributed by atoms with Crippen molar-refractivity contribution in [1.82, 2.24) is 10.6 Å². The third-order valence-electron chi connectivity index (χ3n) is 4.04. The molecule has 1 aromatic carbocycles. The van der Waals surface area contributed by atoms with Gasteiger partial charge in [0.05, 0.1) is 19.3 Å². The van der Waals surface area contributed by atoms with E-state index in [-0.39, 0.29) is 42.5 Å². The molecule has 1 aliphatic heterocycles. The Kier molecular flexibility index (Phi) is 12.3. The van der Waals surface area contributed by atoms with Gasteiger partial charge in [0.2, 0.25) is 5.91 Å². The second kappa shape index (κ2) is 14.2. The molecular weight excluding hydrogens is 471 g/mol. The summed E-state index contributed by atoms with van der Waals surface area (Å²) in [6.07, 6.45) is 8.68. The number of aliphatic imine (C=N–C) groups is 1. The first kappa shape index (κ1) is 24.2. The Morgan fingerprint density at radius 2 is 2.29 bits per heavy atom. The number of hydrogen-bond donors (Lipinski definition) is 3. The van der Waals surface area contributed by atoms with Crippen LogP contribution in [0.2, 0.25) is 0 Å². The maximum atomic E-state index is 12.0. The molecule has 1 aromatic rings.